The molecule has 4 rings (SSSR count). The van der Waals surface area contributed by atoms with Crippen molar-refractivity contribution < 1.29 is 19.4 Å². The van der Waals surface area contributed by atoms with Gasteiger partial charge in [-0.3, -0.25) is 14.8 Å². The van der Waals surface area contributed by atoms with E-state index in [-0.39, 0.29) is 37.7 Å². The lowest BCUT2D eigenvalue weighted by atomic mass is 9.93. The molecule has 1 unspecified atom stereocenters. The Hall–Kier alpha value is -3.05. The Labute approximate surface area is 210 Å². The summed E-state index contributed by atoms with van der Waals surface area (Å²) in [4.78, 5) is 30.3. The molecular weight excluding hydrogens is 460 g/mol. The minimum Gasteiger partial charge on any atom is -0.395 e. The summed E-state index contributed by atoms with van der Waals surface area (Å²) in [6.45, 7) is 3.24. The standard InChI is InChI=1S/C26H36N6O4/c1-26(27)7-5-20-21(6-8-26)29-30-25(20)23-15-18-3-4-19(16-22(18)28-23)32(9-11-33)24(35)17-31(2)10-13-36-14-12-34/h3-4,12,15-16,28,33H,5-11,13-14,17,27H2,1-2H3,(H,29,30). The molecule has 2 aromatic heterocycles. The van der Waals surface area contributed by atoms with Crippen LogP contribution in [-0.2, 0) is 27.2 Å². The van der Waals surface area contributed by atoms with E-state index >= 15 is 0 Å². The molecule has 5 N–H and O–H groups in total. The van der Waals surface area contributed by atoms with Gasteiger partial charge in [-0.05, 0) is 57.9 Å². The van der Waals surface area contributed by atoms with Crippen LogP contribution in [0.15, 0.2) is 24.3 Å². The first-order valence-corrected chi connectivity index (χ1v) is 12.4. The molecular formula is C26H36N6O4. The zero-order valence-electron chi connectivity index (χ0n) is 21.0. The number of aliphatic hydroxyl groups excluding tert-OH is 1. The van der Waals surface area contributed by atoms with Gasteiger partial charge in [-0.2, -0.15) is 5.10 Å². The average molecular weight is 497 g/mol. The number of nitrogens with one attached hydrogen (secondary N) is 2. The highest BCUT2D eigenvalue weighted by molar-refractivity contribution is 5.97. The lowest BCUT2D eigenvalue weighted by molar-refractivity contribution is -0.120. The van der Waals surface area contributed by atoms with Gasteiger partial charge in [-0.1, -0.05) is 6.07 Å². The van der Waals surface area contributed by atoms with Crippen LogP contribution in [0.2, 0.25) is 0 Å². The Morgan fingerprint density at radius 3 is 2.86 bits per heavy atom. The molecule has 0 fully saturated rings. The number of aromatic amines is 2. The highest BCUT2D eigenvalue weighted by atomic mass is 16.5. The van der Waals surface area contributed by atoms with Gasteiger partial charge in [0.05, 0.1) is 25.5 Å². The maximum absolute atomic E-state index is 13.0. The molecule has 194 valence electrons. The van der Waals surface area contributed by atoms with Gasteiger partial charge in [-0.25, -0.2) is 0 Å². The molecule has 10 heteroatoms. The maximum atomic E-state index is 13.0. The number of fused-ring (bicyclic) bond motifs is 2. The number of nitrogens with zero attached hydrogens (tertiary/aromatic N) is 3. The fourth-order valence-electron chi connectivity index (χ4n) is 4.70. The third kappa shape index (κ3) is 6.01. The van der Waals surface area contributed by atoms with Crippen LogP contribution in [0.3, 0.4) is 0 Å². The topological polar surface area (TPSA) is 141 Å². The molecule has 10 nitrogen and oxygen atoms in total. The van der Waals surface area contributed by atoms with Crippen molar-refractivity contribution in [2.75, 3.05) is 51.4 Å². The summed E-state index contributed by atoms with van der Waals surface area (Å²) in [5.41, 5.74) is 12.1. The lowest BCUT2D eigenvalue weighted by Gasteiger charge is -2.25. The van der Waals surface area contributed by atoms with Crippen molar-refractivity contribution in [1.29, 1.82) is 0 Å². The lowest BCUT2D eigenvalue weighted by Crippen LogP contribution is -2.41. The van der Waals surface area contributed by atoms with Crippen LogP contribution in [0.5, 0.6) is 0 Å². The van der Waals surface area contributed by atoms with Crippen molar-refractivity contribution in [3.63, 3.8) is 0 Å². The maximum Gasteiger partial charge on any atom is 0.241 e. The van der Waals surface area contributed by atoms with Crippen LogP contribution < -0.4 is 10.6 Å². The highest BCUT2D eigenvalue weighted by Crippen LogP contribution is 2.33. The number of amides is 1. The number of aryl methyl sites for hydroxylation is 1. The number of aldehydes is 1. The van der Waals surface area contributed by atoms with Crippen molar-refractivity contribution in [3.8, 4) is 11.4 Å². The first-order chi connectivity index (χ1) is 17.3. The summed E-state index contributed by atoms with van der Waals surface area (Å²) in [6.07, 6.45) is 4.30. The molecule has 0 radical (unpaired) electrons. The van der Waals surface area contributed by atoms with Crippen LogP contribution in [0.1, 0.15) is 31.0 Å². The van der Waals surface area contributed by atoms with E-state index in [2.05, 4.69) is 28.2 Å². The Bertz CT molecular complexity index is 1200. The summed E-state index contributed by atoms with van der Waals surface area (Å²) >= 11 is 0. The molecule has 1 atom stereocenters. The second-order valence-corrected chi connectivity index (χ2v) is 9.89. The third-order valence-electron chi connectivity index (χ3n) is 6.85. The smallest absolute Gasteiger partial charge is 0.241 e. The SMILES string of the molecule is CN(CCOCC=O)CC(=O)N(CCO)c1ccc2cc(-c3n[nH]c4c3CCC(C)(N)CC4)[nH]c2c1. The van der Waals surface area contributed by atoms with Gasteiger partial charge in [0.2, 0.25) is 5.91 Å². The Balaban J connectivity index is 1.52. The van der Waals surface area contributed by atoms with Gasteiger partial charge in [0, 0.05) is 46.5 Å². The van der Waals surface area contributed by atoms with E-state index in [1.54, 1.807) is 4.90 Å². The summed E-state index contributed by atoms with van der Waals surface area (Å²) < 4.78 is 5.17. The molecule has 1 aromatic carbocycles. The molecule has 2 heterocycles. The molecule has 0 spiro atoms. The van der Waals surface area contributed by atoms with Gasteiger partial charge in [0.25, 0.3) is 0 Å². The second-order valence-electron chi connectivity index (χ2n) is 9.89. The predicted molar refractivity (Wildman–Crippen MR) is 139 cm³/mol. The summed E-state index contributed by atoms with van der Waals surface area (Å²) in [5.74, 6) is -0.129. The summed E-state index contributed by atoms with van der Waals surface area (Å²) in [7, 11) is 1.82. The average Bonchev–Trinajstić information content (AvgIpc) is 3.42. The van der Waals surface area contributed by atoms with Crippen LogP contribution in [-0.4, -0.2) is 89.4 Å². The zero-order chi connectivity index (χ0) is 25.7. The van der Waals surface area contributed by atoms with Crippen LogP contribution in [0, 0.1) is 0 Å². The number of carbonyl (C=O) groups excluding carboxylic acids is 2. The Morgan fingerprint density at radius 1 is 1.28 bits per heavy atom. The van der Waals surface area contributed by atoms with Crippen molar-refractivity contribution in [3.05, 3.63) is 35.5 Å². The molecule has 36 heavy (non-hydrogen) atoms. The second kappa shape index (κ2) is 11.3. The van der Waals surface area contributed by atoms with Gasteiger partial charge >= 0.3 is 0 Å². The largest absolute Gasteiger partial charge is 0.395 e. The summed E-state index contributed by atoms with van der Waals surface area (Å²) in [6, 6.07) is 7.88. The number of likely N-dealkylation sites (N-methyl/N-ethyl adjacent to an activating group) is 1. The van der Waals surface area contributed by atoms with Crippen molar-refractivity contribution >= 4 is 28.8 Å². The number of anilines is 1. The van der Waals surface area contributed by atoms with E-state index in [0.717, 1.165) is 53.7 Å². The van der Waals surface area contributed by atoms with Crippen LogP contribution in [0.25, 0.3) is 22.3 Å². The van der Waals surface area contributed by atoms with Gasteiger partial charge < -0.3 is 30.3 Å². The first kappa shape index (κ1) is 26.0. The normalized spacial score (nSPS) is 17.8. The van der Waals surface area contributed by atoms with Crippen molar-refractivity contribution in [2.24, 2.45) is 5.73 Å². The molecule has 0 aliphatic heterocycles. The number of carbonyl (C=O) groups is 2. The fourth-order valence-corrected chi connectivity index (χ4v) is 4.70. The number of hydrogen-bond acceptors (Lipinski definition) is 7. The molecule has 1 aliphatic rings. The monoisotopic (exact) mass is 496 g/mol. The van der Waals surface area contributed by atoms with E-state index in [4.69, 9.17) is 10.5 Å². The molecule has 0 saturated carbocycles. The van der Waals surface area contributed by atoms with E-state index in [9.17, 15) is 14.7 Å². The third-order valence-corrected chi connectivity index (χ3v) is 6.85. The zero-order valence-corrected chi connectivity index (χ0v) is 21.0. The van der Waals surface area contributed by atoms with E-state index in [0.29, 0.717) is 25.1 Å². The molecule has 0 saturated heterocycles. The van der Waals surface area contributed by atoms with E-state index in [1.165, 1.54) is 5.56 Å². The molecule has 0 bridgehead atoms. The number of ether oxygens (including phenoxy) is 1. The van der Waals surface area contributed by atoms with Crippen LogP contribution in [0.4, 0.5) is 5.69 Å². The quantitative estimate of drug-likeness (QED) is 0.180. The molecule has 1 amide bonds. The molecule has 1 aliphatic carbocycles. The Morgan fingerprint density at radius 2 is 2.08 bits per heavy atom. The minimum absolute atomic E-state index is 0.0457. The fraction of sp³-hybridized carbons (Fsp3) is 0.500. The van der Waals surface area contributed by atoms with Gasteiger partial charge in [-0.15, -0.1) is 0 Å². The van der Waals surface area contributed by atoms with E-state index in [1.807, 2.05) is 30.1 Å². The number of rotatable bonds is 11. The number of aromatic nitrogens is 3. The number of H-pyrrole nitrogens is 2. The minimum atomic E-state index is -0.175. The first-order valence-electron chi connectivity index (χ1n) is 12.4. The number of benzene rings is 1. The Kier molecular flexibility index (Phi) is 8.20. The number of hydrogen-bond donors (Lipinski definition) is 4. The van der Waals surface area contributed by atoms with Crippen molar-refractivity contribution in [2.45, 2.75) is 38.1 Å². The number of aliphatic hydroxyl groups is 1. The number of nitrogens with two attached hydrogens (primary N) is 1. The van der Waals surface area contributed by atoms with Gasteiger partial charge in [0.1, 0.15) is 18.6 Å². The van der Waals surface area contributed by atoms with Crippen LogP contribution >= 0.6 is 0 Å². The summed E-state index contributed by atoms with van der Waals surface area (Å²) in [5, 5.41) is 18.4. The van der Waals surface area contributed by atoms with E-state index < -0.39 is 0 Å². The molecule has 3 aromatic rings. The predicted octanol–water partition coefficient (Wildman–Crippen LogP) is 1.63. The highest BCUT2D eigenvalue weighted by Gasteiger charge is 2.27. The van der Waals surface area contributed by atoms with Gasteiger partial charge in [0.15, 0.2) is 0 Å². The van der Waals surface area contributed by atoms with Crippen molar-refractivity contribution in [1.82, 2.24) is 20.1 Å².